The van der Waals surface area contributed by atoms with Crippen LogP contribution in [0, 0.1) is 0 Å². The number of halogens is 1. The Morgan fingerprint density at radius 1 is 1.14 bits per heavy atom. The number of carbonyl (C=O) groups excluding carboxylic acids is 2. The number of anilines is 1. The maximum atomic E-state index is 12.5. The summed E-state index contributed by atoms with van der Waals surface area (Å²) in [7, 11) is 3.25. The van der Waals surface area contributed by atoms with Crippen molar-refractivity contribution in [3.63, 3.8) is 0 Å². The van der Waals surface area contributed by atoms with Crippen LogP contribution in [0.1, 0.15) is 25.5 Å². The highest BCUT2D eigenvalue weighted by Gasteiger charge is 2.22. The molecule has 0 unspecified atom stereocenters. The summed E-state index contributed by atoms with van der Waals surface area (Å²) in [5.41, 5.74) is 1.51. The number of hydrogen-bond donors (Lipinski definition) is 2. The number of ether oxygens (including phenoxy) is 1. The molecule has 2 aromatic carbocycles. The van der Waals surface area contributed by atoms with Gasteiger partial charge in [-0.3, -0.25) is 14.5 Å². The van der Waals surface area contributed by atoms with Gasteiger partial charge in [0.15, 0.2) is 0 Å². The average Bonchev–Trinajstić information content (AvgIpc) is 2.68. The summed E-state index contributed by atoms with van der Waals surface area (Å²) in [5.74, 6) is 0.105. The summed E-state index contributed by atoms with van der Waals surface area (Å²) in [6.07, 6.45) is 0. The third kappa shape index (κ3) is 5.97. The molecule has 0 saturated heterocycles. The zero-order chi connectivity index (χ0) is 20.7. The van der Waals surface area contributed by atoms with Crippen molar-refractivity contribution in [3.05, 3.63) is 59.1 Å². The van der Waals surface area contributed by atoms with E-state index in [1.165, 1.54) is 7.11 Å². The van der Waals surface area contributed by atoms with Gasteiger partial charge in [0.05, 0.1) is 31.4 Å². The van der Waals surface area contributed by atoms with Gasteiger partial charge in [-0.2, -0.15) is 0 Å². The Bertz CT molecular complexity index is 814. The van der Waals surface area contributed by atoms with Gasteiger partial charge in [0, 0.05) is 5.02 Å². The minimum atomic E-state index is -0.474. The quantitative estimate of drug-likeness (QED) is 0.707. The average molecular weight is 404 g/mol. The Kier molecular flexibility index (Phi) is 7.84. The molecule has 0 heterocycles. The number of benzene rings is 2. The smallest absolute Gasteiger partial charge is 0.238 e. The van der Waals surface area contributed by atoms with Gasteiger partial charge in [0.25, 0.3) is 0 Å². The first kappa shape index (κ1) is 21.7. The lowest BCUT2D eigenvalue weighted by molar-refractivity contribution is -0.127. The van der Waals surface area contributed by atoms with Gasteiger partial charge >= 0.3 is 0 Å². The van der Waals surface area contributed by atoms with E-state index in [0.29, 0.717) is 16.5 Å². The van der Waals surface area contributed by atoms with Crippen LogP contribution in [-0.4, -0.2) is 43.5 Å². The number of hydrogen-bond acceptors (Lipinski definition) is 4. The Balaban J connectivity index is 1.92. The molecule has 0 radical (unpaired) electrons. The number of amides is 2. The van der Waals surface area contributed by atoms with Crippen molar-refractivity contribution in [1.82, 2.24) is 10.2 Å². The molecular formula is C21H26ClN3O3. The SMILES string of the molecule is COc1ccc(Cl)cc1NC(=O)CN(C)[C@H](C)C(=O)N[C@@H](C)c1ccccc1. The topological polar surface area (TPSA) is 70.7 Å². The molecule has 2 N–H and O–H groups in total. The predicted molar refractivity (Wildman–Crippen MR) is 112 cm³/mol. The van der Waals surface area contributed by atoms with Crippen LogP contribution >= 0.6 is 11.6 Å². The molecule has 0 saturated carbocycles. The van der Waals surface area contributed by atoms with Crippen LogP contribution in [0.2, 0.25) is 5.02 Å². The Morgan fingerprint density at radius 2 is 1.82 bits per heavy atom. The fourth-order valence-electron chi connectivity index (χ4n) is 2.69. The highest BCUT2D eigenvalue weighted by atomic mass is 35.5. The summed E-state index contributed by atoms with van der Waals surface area (Å²) < 4.78 is 5.23. The van der Waals surface area contributed by atoms with E-state index in [1.807, 2.05) is 37.3 Å². The lowest BCUT2D eigenvalue weighted by atomic mass is 10.1. The molecule has 2 aromatic rings. The number of rotatable bonds is 8. The van der Waals surface area contributed by atoms with Crippen LogP contribution in [0.15, 0.2) is 48.5 Å². The second-order valence-corrected chi connectivity index (χ2v) is 7.06. The Labute approximate surface area is 170 Å². The molecule has 0 fully saturated rings. The van der Waals surface area contributed by atoms with E-state index >= 15 is 0 Å². The first-order valence-electron chi connectivity index (χ1n) is 9.00. The second-order valence-electron chi connectivity index (χ2n) is 6.62. The second kappa shape index (κ2) is 10.1. The predicted octanol–water partition coefficient (Wildman–Crippen LogP) is 3.48. The highest BCUT2D eigenvalue weighted by Crippen LogP contribution is 2.27. The van der Waals surface area contributed by atoms with Crippen molar-refractivity contribution < 1.29 is 14.3 Å². The summed E-state index contributed by atoms with van der Waals surface area (Å²) in [6.45, 7) is 3.74. The zero-order valence-electron chi connectivity index (χ0n) is 16.5. The van der Waals surface area contributed by atoms with Crippen molar-refractivity contribution in [3.8, 4) is 5.75 Å². The number of carbonyl (C=O) groups is 2. The van der Waals surface area contributed by atoms with Crippen molar-refractivity contribution >= 4 is 29.1 Å². The minimum Gasteiger partial charge on any atom is -0.495 e. The van der Waals surface area contributed by atoms with Crippen molar-refractivity contribution in [2.45, 2.75) is 25.9 Å². The van der Waals surface area contributed by atoms with E-state index in [4.69, 9.17) is 16.3 Å². The molecule has 2 rings (SSSR count). The number of methoxy groups -OCH3 is 1. The minimum absolute atomic E-state index is 0.0456. The molecule has 2 amide bonds. The van der Waals surface area contributed by atoms with E-state index in [2.05, 4.69) is 10.6 Å². The van der Waals surface area contributed by atoms with Crippen LogP contribution in [0.4, 0.5) is 5.69 Å². The van der Waals surface area contributed by atoms with E-state index in [-0.39, 0.29) is 24.4 Å². The largest absolute Gasteiger partial charge is 0.495 e. The van der Waals surface area contributed by atoms with E-state index in [9.17, 15) is 9.59 Å². The molecule has 0 aliphatic carbocycles. The monoisotopic (exact) mass is 403 g/mol. The Morgan fingerprint density at radius 3 is 2.46 bits per heavy atom. The summed E-state index contributed by atoms with van der Waals surface area (Å²) >= 11 is 5.98. The summed E-state index contributed by atoms with van der Waals surface area (Å²) in [4.78, 5) is 26.6. The van der Waals surface area contributed by atoms with Crippen molar-refractivity contribution in [2.75, 3.05) is 26.0 Å². The normalized spacial score (nSPS) is 12.9. The first-order chi connectivity index (χ1) is 13.3. The lowest BCUT2D eigenvalue weighted by Crippen LogP contribution is -2.46. The van der Waals surface area contributed by atoms with Gasteiger partial charge in [0.1, 0.15) is 5.75 Å². The van der Waals surface area contributed by atoms with Gasteiger partial charge in [-0.15, -0.1) is 0 Å². The molecule has 0 aliphatic heterocycles. The first-order valence-corrected chi connectivity index (χ1v) is 9.38. The Hall–Kier alpha value is -2.57. The fraction of sp³-hybridized carbons (Fsp3) is 0.333. The van der Waals surface area contributed by atoms with Crippen LogP contribution in [0.5, 0.6) is 5.75 Å². The third-order valence-corrected chi connectivity index (χ3v) is 4.76. The maximum absolute atomic E-state index is 12.5. The van der Waals surface area contributed by atoms with E-state index < -0.39 is 6.04 Å². The van der Waals surface area contributed by atoms with Gasteiger partial charge < -0.3 is 15.4 Å². The fourth-order valence-corrected chi connectivity index (χ4v) is 2.86. The van der Waals surface area contributed by atoms with Crippen molar-refractivity contribution in [2.24, 2.45) is 0 Å². The summed E-state index contributed by atoms with van der Waals surface area (Å²) in [5, 5.41) is 6.24. The van der Waals surface area contributed by atoms with Gasteiger partial charge in [-0.05, 0) is 44.7 Å². The maximum Gasteiger partial charge on any atom is 0.238 e. The number of nitrogens with one attached hydrogen (secondary N) is 2. The van der Waals surface area contributed by atoms with Crippen LogP contribution in [0.25, 0.3) is 0 Å². The van der Waals surface area contributed by atoms with Crippen molar-refractivity contribution in [1.29, 1.82) is 0 Å². The number of likely N-dealkylation sites (N-methyl/N-ethyl adjacent to an activating group) is 1. The molecule has 0 bridgehead atoms. The number of nitrogens with zero attached hydrogens (tertiary/aromatic N) is 1. The third-order valence-electron chi connectivity index (χ3n) is 4.53. The molecular weight excluding hydrogens is 378 g/mol. The standard InChI is InChI=1S/C21H26ClN3O3/c1-14(16-8-6-5-7-9-16)23-21(27)15(2)25(3)13-20(26)24-18-12-17(22)10-11-19(18)28-4/h5-12,14-15H,13H2,1-4H3,(H,23,27)(H,24,26)/t14-,15+/m0/s1. The molecule has 28 heavy (non-hydrogen) atoms. The summed E-state index contributed by atoms with van der Waals surface area (Å²) in [6, 6.07) is 14.1. The molecule has 0 spiro atoms. The van der Waals surface area contributed by atoms with Crippen LogP contribution in [0.3, 0.4) is 0 Å². The van der Waals surface area contributed by atoms with Crippen LogP contribution < -0.4 is 15.4 Å². The highest BCUT2D eigenvalue weighted by molar-refractivity contribution is 6.31. The molecule has 2 atom stereocenters. The lowest BCUT2D eigenvalue weighted by Gasteiger charge is -2.25. The molecule has 0 aliphatic rings. The van der Waals surface area contributed by atoms with E-state index in [1.54, 1.807) is 37.1 Å². The molecule has 150 valence electrons. The van der Waals surface area contributed by atoms with Gasteiger partial charge in [-0.1, -0.05) is 41.9 Å². The zero-order valence-corrected chi connectivity index (χ0v) is 17.3. The van der Waals surface area contributed by atoms with Crippen LogP contribution in [-0.2, 0) is 9.59 Å². The van der Waals surface area contributed by atoms with Gasteiger partial charge in [0.2, 0.25) is 11.8 Å². The molecule has 0 aromatic heterocycles. The molecule has 7 heteroatoms. The molecule has 6 nitrogen and oxygen atoms in total. The van der Waals surface area contributed by atoms with Gasteiger partial charge in [-0.25, -0.2) is 0 Å². The van der Waals surface area contributed by atoms with E-state index in [0.717, 1.165) is 5.56 Å².